The molecule has 0 aliphatic rings. The minimum Gasteiger partial charge on any atom is -0.393 e. The largest absolute Gasteiger partial charge is 0.393 e. The second-order valence-electron chi connectivity index (χ2n) is 4.01. The molecule has 0 radical (unpaired) electrons. The average Bonchev–Trinajstić information content (AvgIpc) is 2.21. The van der Waals surface area contributed by atoms with Crippen LogP contribution in [0.4, 0.5) is 0 Å². The number of alkyl halides is 1. The van der Waals surface area contributed by atoms with Crippen molar-refractivity contribution < 1.29 is 5.11 Å². The van der Waals surface area contributed by atoms with Gasteiger partial charge in [0, 0.05) is 5.33 Å². The molecule has 0 aromatic carbocycles. The molecule has 0 fully saturated rings. The van der Waals surface area contributed by atoms with E-state index in [9.17, 15) is 5.11 Å². The van der Waals surface area contributed by atoms with Gasteiger partial charge in [-0.2, -0.15) is 0 Å². The number of unbranched alkanes of at least 4 members (excludes halogenated alkanes) is 6. The van der Waals surface area contributed by atoms with Gasteiger partial charge < -0.3 is 5.11 Å². The number of hydrogen-bond donors (Lipinski definition) is 1. The molecule has 0 saturated carbocycles. The smallest absolute Gasteiger partial charge is 0.0537 e. The van der Waals surface area contributed by atoms with E-state index < -0.39 is 0 Å². The van der Waals surface area contributed by atoms with Crippen LogP contribution in [0, 0.1) is 0 Å². The SMILES string of the molecule is CCC(O)CCCCCCCCCBr. The molecule has 0 aliphatic heterocycles. The molecular weight excluding hydrogens is 240 g/mol. The molecule has 14 heavy (non-hydrogen) atoms. The van der Waals surface area contributed by atoms with Crippen LogP contribution in [0.3, 0.4) is 0 Å². The number of halogens is 1. The Labute approximate surface area is 97.4 Å². The molecule has 2 heteroatoms. The lowest BCUT2D eigenvalue weighted by Gasteiger charge is -2.06. The van der Waals surface area contributed by atoms with Crippen LogP contribution in [0.5, 0.6) is 0 Å². The van der Waals surface area contributed by atoms with Gasteiger partial charge >= 0.3 is 0 Å². The van der Waals surface area contributed by atoms with Crippen LogP contribution in [0.25, 0.3) is 0 Å². The van der Waals surface area contributed by atoms with E-state index in [0.29, 0.717) is 0 Å². The zero-order valence-corrected chi connectivity index (χ0v) is 11.1. The molecule has 0 aromatic rings. The van der Waals surface area contributed by atoms with Gasteiger partial charge in [-0.3, -0.25) is 0 Å². The Hall–Kier alpha value is 0.440. The molecule has 0 saturated heterocycles. The van der Waals surface area contributed by atoms with Crippen LogP contribution >= 0.6 is 15.9 Å². The van der Waals surface area contributed by atoms with Crippen LogP contribution in [-0.4, -0.2) is 16.5 Å². The highest BCUT2D eigenvalue weighted by atomic mass is 79.9. The van der Waals surface area contributed by atoms with Crippen LogP contribution < -0.4 is 0 Å². The zero-order chi connectivity index (χ0) is 10.6. The van der Waals surface area contributed by atoms with Gasteiger partial charge in [0.05, 0.1) is 6.10 Å². The summed E-state index contributed by atoms with van der Waals surface area (Å²) in [5.41, 5.74) is 0. The molecule has 0 aliphatic carbocycles. The van der Waals surface area contributed by atoms with E-state index in [1.807, 2.05) is 6.92 Å². The summed E-state index contributed by atoms with van der Waals surface area (Å²) in [6.45, 7) is 2.05. The predicted octanol–water partition coefficient (Wildman–Crippen LogP) is 4.27. The molecule has 0 spiro atoms. The van der Waals surface area contributed by atoms with Crippen LogP contribution in [0.2, 0.25) is 0 Å². The first-order valence-corrected chi connectivity index (χ1v) is 7.17. The molecule has 1 nitrogen and oxygen atoms in total. The van der Waals surface area contributed by atoms with Crippen molar-refractivity contribution in [2.75, 3.05) is 5.33 Å². The summed E-state index contributed by atoms with van der Waals surface area (Å²) in [5.74, 6) is 0. The van der Waals surface area contributed by atoms with Crippen molar-refractivity contribution in [3.05, 3.63) is 0 Å². The van der Waals surface area contributed by atoms with Gasteiger partial charge in [0.1, 0.15) is 0 Å². The summed E-state index contributed by atoms with van der Waals surface area (Å²) >= 11 is 3.44. The molecular formula is C12H25BrO. The molecule has 1 N–H and O–H groups in total. The Morgan fingerprint density at radius 1 is 0.929 bits per heavy atom. The Morgan fingerprint density at radius 2 is 1.43 bits per heavy atom. The van der Waals surface area contributed by atoms with E-state index in [1.54, 1.807) is 0 Å². The third-order valence-corrected chi connectivity index (χ3v) is 3.20. The predicted molar refractivity (Wildman–Crippen MR) is 67.0 cm³/mol. The van der Waals surface area contributed by atoms with Crippen LogP contribution in [0.1, 0.15) is 64.7 Å². The summed E-state index contributed by atoms with van der Waals surface area (Å²) in [5, 5.41) is 10.5. The minimum absolute atomic E-state index is 0.0524. The van der Waals surface area contributed by atoms with E-state index >= 15 is 0 Å². The molecule has 0 heterocycles. The number of hydrogen-bond acceptors (Lipinski definition) is 1. The highest BCUT2D eigenvalue weighted by molar-refractivity contribution is 9.09. The normalized spacial score (nSPS) is 13.1. The van der Waals surface area contributed by atoms with E-state index in [-0.39, 0.29) is 6.10 Å². The topological polar surface area (TPSA) is 20.2 Å². The van der Waals surface area contributed by atoms with Crippen LogP contribution in [-0.2, 0) is 0 Å². The fourth-order valence-electron chi connectivity index (χ4n) is 1.56. The monoisotopic (exact) mass is 264 g/mol. The van der Waals surface area contributed by atoms with E-state index in [2.05, 4.69) is 15.9 Å². The first kappa shape index (κ1) is 14.4. The van der Waals surface area contributed by atoms with Crippen molar-refractivity contribution >= 4 is 15.9 Å². The van der Waals surface area contributed by atoms with E-state index in [0.717, 1.165) is 18.2 Å². The first-order valence-electron chi connectivity index (χ1n) is 6.05. The lowest BCUT2D eigenvalue weighted by atomic mass is 10.1. The lowest BCUT2D eigenvalue weighted by molar-refractivity contribution is 0.156. The molecule has 1 atom stereocenters. The van der Waals surface area contributed by atoms with Gasteiger partial charge in [0.25, 0.3) is 0 Å². The van der Waals surface area contributed by atoms with Crippen molar-refractivity contribution in [1.29, 1.82) is 0 Å². The van der Waals surface area contributed by atoms with Gasteiger partial charge in [-0.25, -0.2) is 0 Å². The summed E-state index contributed by atoms with van der Waals surface area (Å²) in [4.78, 5) is 0. The number of aliphatic hydroxyl groups is 1. The second-order valence-corrected chi connectivity index (χ2v) is 4.81. The molecule has 86 valence electrons. The average molecular weight is 265 g/mol. The molecule has 1 unspecified atom stereocenters. The van der Waals surface area contributed by atoms with Gasteiger partial charge in [-0.05, 0) is 19.3 Å². The highest BCUT2D eigenvalue weighted by Gasteiger charge is 1.99. The summed E-state index contributed by atoms with van der Waals surface area (Å²) < 4.78 is 0. The summed E-state index contributed by atoms with van der Waals surface area (Å²) in [6, 6.07) is 0. The van der Waals surface area contributed by atoms with Crippen molar-refractivity contribution in [2.45, 2.75) is 70.8 Å². The number of aliphatic hydroxyl groups excluding tert-OH is 1. The van der Waals surface area contributed by atoms with Crippen molar-refractivity contribution in [2.24, 2.45) is 0 Å². The Balaban J connectivity index is 2.92. The molecule has 0 rings (SSSR count). The first-order chi connectivity index (χ1) is 6.81. The molecule has 0 bridgehead atoms. The van der Waals surface area contributed by atoms with Gasteiger partial charge in [0.15, 0.2) is 0 Å². The minimum atomic E-state index is -0.0524. The van der Waals surface area contributed by atoms with Crippen molar-refractivity contribution in [3.8, 4) is 0 Å². The molecule has 0 amide bonds. The Bertz CT molecular complexity index is 106. The standard InChI is InChI=1S/C12H25BrO/c1-2-12(14)10-8-6-4-3-5-7-9-11-13/h12,14H,2-11H2,1H3. The van der Waals surface area contributed by atoms with Crippen molar-refractivity contribution in [1.82, 2.24) is 0 Å². The van der Waals surface area contributed by atoms with Crippen molar-refractivity contribution in [3.63, 3.8) is 0 Å². The highest BCUT2D eigenvalue weighted by Crippen LogP contribution is 2.11. The summed E-state index contributed by atoms with van der Waals surface area (Å²) in [7, 11) is 0. The second kappa shape index (κ2) is 11.5. The zero-order valence-electron chi connectivity index (χ0n) is 9.47. The van der Waals surface area contributed by atoms with E-state index in [4.69, 9.17) is 0 Å². The third kappa shape index (κ3) is 10.5. The van der Waals surface area contributed by atoms with E-state index in [1.165, 1.54) is 44.9 Å². The number of rotatable bonds is 10. The van der Waals surface area contributed by atoms with Gasteiger partial charge in [0.2, 0.25) is 0 Å². The van der Waals surface area contributed by atoms with Crippen LogP contribution in [0.15, 0.2) is 0 Å². The maximum absolute atomic E-state index is 9.33. The third-order valence-electron chi connectivity index (χ3n) is 2.64. The summed E-state index contributed by atoms with van der Waals surface area (Å²) in [6.07, 6.45) is 11.1. The Kier molecular flexibility index (Phi) is 11.9. The molecule has 0 aromatic heterocycles. The fraction of sp³-hybridized carbons (Fsp3) is 1.00. The maximum atomic E-state index is 9.33. The lowest BCUT2D eigenvalue weighted by Crippen LogP contribution is -2.03. The van der Waals surface area contributed by atoms with Gasteiger partial charge in [-0.1, -0.05) is 61.4 Å². The maximum Gasteiger partial charge on any atom is 0.0537 e. The quantitative estimate of drug-likeness (QED) is 0.462. The Morgan fingerprint density at radius 3 is 1.93 bits per heavy atom. The van der Waals surface area contributed by atoms with Gasteiger partial charge in [-0.15, -0.1) is 0 Å². The fourth-order valence-corrected chi connectivity index (χ4v) is 1.96.